The number of benzene rings is 1. The van der Waals surface area contributed by atoms with Crippen LogP contribution < -0.4 is 15.4 Å². The van der Waals surface area contributed by atoms with Gasteiger partial charge in [0.2, 0.25) is 5.91 Å². The maximum atomic E-state index is 12.0. The third-order valence-electron chi connectivity index (χ3n) is 3.80. The first kappa shape index (κ1) is 16.1. The molecule has 7 nitrogen and oxygen atoms in total. The SMILES string of the molecule is COc1ccc([N+](=O)[O-])cc1NCC(=O)NC1CCCCC1. The lowest BCUT2D eigenvalue weighted by molar-refractivity contribution is -0.384. The van der Waals surface area contributed by atoms with E-state index in [-0.39, 0.29) is 24.2 Å². The standard InChI is InChI=1S/C15H21N3O4/c1-22-14-8-7-12(18(20)21)9-13(14)16-10-15(19)17-11-5-3-2-4-6-11/h7-9,11,16H,2-6,10H2,1H3,(H,17,19). The molecule has 0 unspecified atom stereocenters. The summed E-state index contributed by atoms with van der Waals surface area (Å²) in [5, 5.41) is 16.7. The highest BCUT2D eigenvalue weighted by Gasteiger charge is 2.16. The number of hydrogen-bond donors (Lipinski definition) is 2. The molecular weight excluding hydrogens is 286 g/mol. The van der Waals surface area contributed by atoms with Gasteiger partial charge in [0.05, 0.1) is 24.3 Å². The van der Waals surface area contributed by atoms with E-state index >= 15 is 0 Å². The zero-order chi connectivity index (χ0) is 15.9. The van der Waals surface area contributed by atoms with Gasteiger partial charge in [-0.05, 0) is 18.9 Å². The summed E-state index contributed by atoms with van der Waals surface area (Å²) in [6, 6.07) is 4.49. The quantitative estimate of drug-likeness (QED) is 0.622. The summed E-state index contributed by atoms with van der Waals surface area (Å²) < 4.78 is 5.15. The lowest BCUT2D eigenvalue weighted by Crippen LogP contribution is -2.39. The van der Waals surface area contributed by atoms with Crippen molar-refractivity contribution in [2.45, 2.75) is 38.1 Å². The minimum atomic E-state index is -0.479. The molecule has 0 spiro atoms. The van der Waals surface area contributed by atoms with E-state index in [1.807, 2.05) is 0 Å². The van der Waals surface area contributed by atoms with Gasteiger partial charge in [0.15, 0.2) is 0 Å². The third kappa shape index (κ3) is 4.34. The Balaban J connectivity index is 1.93. The molecule has 1 saturated carbocycles. The van der Waals surface area contributed by atoms with Gasteiger partial charge in [0.25, 0.3) is 5.69 Å². The summed E-state index contributed by atoms with van der Waals surface area (Å²) >= 11 is 0. The van der Waals surface area contributed by atoms with Crippen LogP contribution in [0.4, 0.5) is 11.4 Å². The van der Waals surface area contributed by atoms with Crippen molar-refractivity contribution in [3.8, 4) is 5.75 Å². The Hall–Kier alpha value is -2.31. The van der Waals surface area contributed by atoms with E-state index in [0.29, 0.717) is 11.4 Å². The average molecular weight is 307 g/mol. The Morgan fingerprint density at radius 1 is 1.36 bits per heavy atom. The summed E-state index contributed by atoms with van der Waals surface area (Å²) in [5.74, 6) is 0.358. The van der Waals surface area contributed by atoms with Crippen molar-refractivity contribution >= 4 is 17.3 Å². The van der Waals surface area contributed by atoms with E-state index in [4.69, 9.17) is 4.74 Å². The summed E-state index contributed by atoms with van der Waals surface area (Å²) in [6.07, 6.45) is 5.57. The van der Waals surface area contributed by atoms with Gasteiger partial charge in [0.1, 0.15) is 5.75 Å². The molecule has 0 saturated heterocycles. The maximum absolute atomic E-state index is 12.0. The monoisotopic (exact) mass is 307 g/mol. The molecule has 1 aromatic carbocycles. The fourth-order valence-electron chi connectivity index (χ4n) is 2.65. The molecule has 1 aliphatic rings. The largest absolute Gasteiger partial charge is 0.495 e. The Bertz CT molecular complexity index is 542. The number of nitrogens with one attached hydrogen (secondary N) is 2. The zero-order valence-electron chi connectivity index (χ0n) is 12.6. The van der Waals surface area contributed by atoms with Gasteiger partial charge < -0.3 is 15.4 Å². The van der Waals surface area contributed by atoms with E-state index in [2.05, 4.69) is 10.6 Å². The van der Waals surface area contributed by atoms with E-state index in [1.165, 1.54) is 31.7 Å². The zero-order valence-corrected chi connectivity index (χ0v) is 12.6. The highest BCUT2D eigenvalue weighted by atomic mass is 16.6. The molecule has 2 N–H and O–H groups in total. The molecular formula is C15H21N3O4. The lowest BCUT2D eigenvalue weighted by Gasteiger charge is -2.23. The van der Waals surface area contributed by atoms with Gasteiger partial charge in [-0.3, -0.25) is 14.9 Å². The van der Waals surface area contributed by atoms with Crippen molar-refractivity contribution < 1.29 is 14.5 Å². The van der Waals surface area contributed by atoms with Crippen molar-refractivity contribution in [2.75, 3.05) is 19.0 Å². The lowest BCUT2D eigenvalue weighted by atomic mass is 9.95. The number of amides is 1. The topological polar surface area (TPSA) is 93.5 Å². The number of nitro benzene ring substituents is 1. The molecule has 1 aliphatic carbocycles. The van der Waals surface area contributed by atoms with Crippen LogP contribution in [0.5, 0.6) is 5.75 Å². The number of carbonyl (C=O) groups excluding carboxylic acids is 1. The Morgan fingerprint density at radius 2 is 2.09 bits per heavy atom. The maximum Gasteiger partial charge on any atom is 0.271 e. The molecule has 0 aromatic heterocycles. The van der Waals surface area contributed by atoms with Crippen molar-refractivity contribution in [1.82, 2.24) is 5.32 Å². The van der Waals surface area contributed by atoms with Crippen molar-refractivity contribution in [2.24, 2.45) is 0 Å². The fraction of sp³-hybridized carbons (Fsp3) is 0.533. The Labute approximate surface area is 129 Å². The first-order valence-corrected chi connectivity index (χ1v) is 7.46. The van der Waals surface area contributed by atoms with E-state index < -0.39 is 4.92 Å². The summed E-state index contributed by atoms with van der Waals surface area (Å²) in [6.45, 7) is 0.0635. The highest BCUT2D eigenvalue weighted by molar-refractivity contribution is 5.81. The van der Waals surface area contributed by atoms with Gasteiger partial charge in [0, 0.05) is 18.2 Å². The van der Waals surface area contributed by atoms with Crippen LogP contribution in [0.3, 0.4) is 0 Å². The Morgan fingerprint density at radius 3 is 2.73 bits per heavy atom. The van der Waals surface area contributed by atoms with Crippen molar-refractivity contribution in [3.05, 3.63) is 28.3 Å². The van der Waals surface area contributed by atoms with Crippen LogP contribution in [0.15, 0.2) is 18.2 Å². The number of nitro groups is 1. The average Bonchev–Trinajstić information content (AvgIpc) is 2.53. The number of hydrogen-bond acceptors (Lipinski definition) is 5. The second-order valence-electron chi connectivity index (χ2n) is 5.40. The molecule has 0 radical (unpaired) electrons. The summed E-state index contributed by atoms with van der Waals surface area (Å²) in [7, 11) is 1.48. The predicted octanol–water partition coefficient (Wildman–Crippen LogP) is 2.46. The minimum absolute atomic E-state index is 0.0454. The molecule has 0 aliphatic heterocycles. The molecule has 1 fully saturated rings. The molecule has 120 valence electrons. The van der Waals surface area contributed by atoms with Gasteiger partial charge in [-0.1, -0.05) is 19.3 Å². The molecule has 1 amide bonds. The van der Waals surface area contributed by atoms with Crippen LogP contribution in [0.1, 0.15) is 32.1 Å². The third-order valence-corrected chi connectivity index (χ3v) is 3.80. The second kappa shape index (κ2) is 7.63. The van der Waals surface area contributed by atoms with Gasteiger partial charge in [-0.15, -0.1) is 0 Å². The summed E-state index contributed by atoms with van der Waals surface area (Å²) in [4.78, 5) is 22.3. The van der Waals surface area contributed by atoms with Crippen LogP contribution in [-0.2, 0) is 4.79 Å². The Kier molecular flexibility index (Phi) is 5.57. The van der Waals surface area contributed by atoms with Gasteiger partial charge >= 0.3 is 0 Å². The first-order valence-electron chi connectivity index (χ1n) is 7.46. The molecule has 1 aromatic rings. The molecule has 22 heavy (non-hydrogen) atoms. The number of ether oxygens (including phenoxy) is 1. The molecule has 0 heterocycles. The second-order valence-corrected chi connectivity index (χ2v) is 5.40. The molecule has 7 heteroatoms. The van der Waals surface area contributed by atoms with Gasteiger partial charge in [-0.25, -0.2) is 0 Å². The predicted molar refractivity (Wildman–Crippen MR) is 83.2 cm³/mol. The minimum Gasteiger partial charge on any atom is -0.495 e. The number of nitrogens with zero attached hydrogens (tertiary/aromatic N) is 1. The van der Waals surface area contributed by atoms with E-state index in [9.17, 15) is 14.9 Å². The van der Waals surface area contributed by atoms with Crippen LogP contribution >= 0.6 is 0 Å². The number of methoxy groups -OCH3 is 1. The van der Waals surface area contributed by atoms with E-state index in [0.717, 1.165) is 25.7 Å². The van der Waals surface area contributed by atoms with Crippen LogP contribution in [0, 0.1) is 10.1 Å². The number of rotatable bonds is 6. The highest BCUT2D eigenvalue weighted by Crippen LogP contribution is 2.28. The van der Waals surface area contributed by atoms with Crippen LogP contribution in [-0.4, -0.2) is 30.5 Å². The first-order chi connectivity index (χ1) is 10.6. The van der Waals surface area contributed by atoms with Crippen LogP contribution in [0.2, 0.25) is 0 Å². The normalized spacial score (nSPS) is 15.1. The van der Waals surface area contributed by atoms with E-state index in [1.54, 1.807) is 0 Å². The smallest absolute Gasteiger partial charge is 0.271 e. The summed E-state index contributed by atoms with van der Waals surface area (Å²) in [5.41, 5.74) is 0.395. The van der Waals surface area contributed by atoms with Crippen molar-refractivity contribution in [1.29, 1.82) is 0 Å². The number of non-ortho nitro benzene ring substituents is 1. The van der Waals surface area contributed by atoms with Gasteiger partial charge in [-0.2, -0.15) is 0 Å². The van der Waals surface area contributed by atoms with Crippen molar-refractivity contribution in [3.63, 3.8) is 0 Å². The van der Waals surface area contributed by atoms with Crippen LogP contribution in [0.25, 0.3) is 0 Å². The molecule has 2 rings (SSSR count). The molecule has 0 bridgehead atoms. The number of anilines is 1. The number of carbonyl (C=O) groups is 1. The fourth-order valence-corrected chi connectivity index (χ4v) is 2.65. The molecule has 0 atom stereocenters.